The van der Waals surface area contributed by atoms with Crippen LogP contribution in [0.25, 0.3) is 0 Å². The molecule has 3 N–H and O–H groups in total. The number of carbonyl (C=O) groups excluding carboxylic acids is 3. The Balaban J connectivity index is 1.74. The number of rotatable bonds is 7. The minimum Gasteiger partial charge on any atom is -0.326 e. The third kappa shape index (κ3) is 6.94. The van der Waals surface area contributed by atoms with Gasteiger partial charge in [-0.25, -0.2) is 8.78 Å². The Morgan fingerprint density at radius 1 is 1.06 bits per heavy atom. The monoisotopic (exact) mass is 559 g/mol. The molecule has 7 nitrogen and oxygen atoms in total. The second-order valence-electron chi connectivity index (χ2n) is 7.22. The molecule has 0 aromatic heterocycles. The van der Waals surface area contributed by atoms with E-state index < -0.39 is 64.0 Å². The van der Waals surface area contributed by atoms with Crippen LogP contribution in [0.1, 0.15) is 16.8 Å². The van der Waals surface area contributed by atoms with Crippen molar-refractivity contribution >= 4 is 69.6 Å². The molecule has 0 bridgehead atoms. The Labute approximate surface area is 208 Å². The van der Waals surface area contributed by atoms with Crippen molar-refractivity contribution in [2.24, 2.45) is 5.92 Å². The fraction of sp³-hybridized carbons (Fsp3) is 0.250. The fourth-order valence-electron chi connectivity index (χ4n) is 2.78. The van der Waals surface area contributed by atoms with Crippen molar-refractivity contribution in [2.75, 3.05) is 22.6 Å². The van der Waals surface area contributed by atoms with Crippen molar-refractivity contribution < 1.29 is 41.1 Å². The summed E-state index contributed by atoms with van der Waals surface area (Å²) in [5.74, 6) is -6.43. The van der Waals surface area contributed by atoms with Gasteiger partial charge in [0.05, 0.1) is 22.2 Å². The molecular weight excluding hydrogens is 548 g/mol. The molecule has 0 aliphatic heterocycles. The number of carbonyl (C=O) groups is 3. The standard InChI is InChI=1S/C20H13Cl3F5N3O4/c21-11-2-1-8(29-18(34)10-6-19(10,22)23)5-9(11)17(33)30-13-4-3-12(24)16(15(13)25)31-14(32)7-35-20(26,27)28/h1-5,10H,6-7H2,(H,29,34)(H,30,33)(H,31,32). The molecule has 1 aliphatic rings. The molecule has 0 radical (unpaired) electrons. The summed E-state index contributed by atoms with van der Waals surface area (Å²) in [4.78, 5) is 36.4. The number of alkyl halides is 5. The number of anilines is 3. The van der Waals surface area contributed by atoms with Gasteiger partial charge in [0.2, 0.25) is 5.91 Å². The number of ether oxygens (including phenoxy) is 1. The van der Waals surface area contributed by atoms with E-state index in [1.54, 1.807) is 5.32 Å². The van der Waals surface area contributed by atoms with E-state index in [-0.39, 0.29) is 22.7 Å². The Morgan fingerprint density at radius 3 is 2.31 bits per heavy atom. The van der Waals surface area contributed by atoms with Crippen LogP contribution in [-0.4, -0.2) is 35.0 Å². The molecule has 0 saturated heterocycles. The van der Waals surface area contributed by atoms with Crippen molar-refractivity contribution in [2.45, 2.75) is 17.1 Å². The highest BCUT2D eigenvalue weighted by molar-refractivity contribution is 6.52. The van der Waals surface area contributed by atoms with Crippen LogP contribution in [0, 0.1) is 17.6 Å². The van der Waals surface area contributed by atoms with E-state index in [1.165, 1.54) is 18.2 Å². The topological polar surface area (TPSA) is 96.5 Å². The zero-order valence-electron chi connectivity index (χ0n) is 17.0. The van der Waals surface area contributed by atoms with Gasteiger partial charge in [0.25, 0.3) is 11.8 Å². The molecule has 3 rings (SSSR count). The molecule has 188 valence electrons. The van der Waals surface area contributed by atoms with E-state index in [9.17, 15) is 36.3 Å². The molecule has 1 atom stereocenters. The van der Waals surface area contributed by atoms with Crippen molar-refractivity contribution in [1.29, 1.82) is 0 Å². The molecule has 0 heterocycles. The minimum atomic E-state index is -5.13. The molecule has 0 spiro atoms. The molecule has 2 aromatic rings. The van der Waals surface area contributed by atoms with Gasteiger partial charge in [-0.1, -0.05) is 11.6 Å². The number of hydrogen-bond donors (Lipinski definition) is 3. The normalized spacial score (nSPS) is 16.4. The van der Waals surface area contributed by atoms with Crippen LogP contribution in [0.3, 0.4) is 0 Å². The summed E-state index contributed by atoms with van der Waals surface area (Å²) >= 11 is 17.7. The summed E-state index contributed by atoms with van der Waals surface area (Å²) in [7, 11) is 0. The number of amides is 3. The second kappa shape index (κ2) is 10.1. The van der Waals surface area contributed by atoms with Crippen LogP contribution < -0.4 is 16.0 Å². The van der Waals surface area contributed by atoms with Crippen molar-refractivity contribution in [1.82, 2.24) is 0 Å². The van der Waals surface area contributed by atoms with Crippen LogP contribution in [0.2, 0.25) is 5.02 Å². The quantitative estimate of drug-likeness (QED) is 0.309. The average Bonchev–Trinajstić information content (AvgIpc) is 3.40. The Kier molecular flexibility index (Phi) is 7.80. The zero-order valence-corrected chi connectivity index (χ0v) is 19.3. The van der Waals surface area contributed by atoms with Gasteiger partial charge in [0, 0.05) is 5.69 Å². The Bertz CT molecular complexity index is 1190. The van der Waals surface area contributed by atoms with Gasteiger partial charge >= 0.3 is 6.36 Å². The molecule has 2 aromatic carbocycles. The van der Waals surface area contributed by atoms with Crippen LogP contribution in [0.5, 0.6) is 0 Å². The lowest BCUT2D eigenvalue weighted by Gasteiger charge is -2.14. The van der Waals surface area contributed by atoms with Crippen molar-refractivity contribution in [3.8, 4) is 0 Å². The van der Waals surface area contributed by atoms with Gasteiger partial charge < -0.3 is 16.0 Å². The molecular formula is C20H13Cl3F5N3O4. The van der Waals surface area contributed by atoms with E-state index in [4.69, 9.17) is 34.8 Å². The molecule has 1 saturated carbocycles. The van der Waals surface area contributed by atoms with Gasteiger partial charge in [-0.15, -0.1) is 36.4 Å². The van der Waals surface area contributed by atoms with E-state index >= 15 is 0 Å². The van der Waals surface area contributed by atoms with E-state index in [2.05, 4.69) is 15.4 Å². The summed E-state index contributed by atoms with van der Waals surface area (Å²) in [5.41, 5.74) is -1.80. The molecule has 15 heteroatoms. The van der Waals surface area contributed by atoms with Crippen molar-refractivity contribution in [3.63, 3.8) is 0 Å². The third-order valence-corrected chi connectivity index (χ3v) is 5.76. The summed E-state index contributed by atoms with van der Waals surface area (Å²) in [6.07, 6.45) is -4.89. The van der Waals surface area contributed by atoms with Crippen LogP contribution >= 0.6 is 34.8 Å². The Morgan fingerprint density at radius 2 is 1.71 bits per heavy atom. The number of halogens is 8. The van der Waals surface area contributed by atoms with Gasteiger partial charge in [-0.05, 0) is 36.8 Å². The van der Waals surface area contributed by atoms with E-state index in [0.29, 0.717) is 6.07 Å². The second-order valence-corrected chi connectivity index (χ2v) is 9.17. The van der Waals surface area contributed by atoms with Gasteiger partial charge in [0.1, 0.15) is 22.4 Å². The van der Waals surface area contributed by atoms with Crippen LogP contribution in [-0.2, 0) is 14.3 Å². The maximum Gasteiger partial charge on any atom is 0.523 e. The lowest BCUT2D eigenvalue weighted by atomic mass is 10.1. The minimum absolute atomic E-state index is 0.0868. The summed E-state index contributed by atoms with van der Waals surface area (Å²) < 4.78 is 66.9. The molecule has 35 heavy (non-hydrogen) atoms. The predicted octanol–water partition coefficient (Wildman–Crippen LogP) is 5.48. The Hall–Kier alpha value is -2.67. The number of hydrogen-bond acceptors (Lipinski definition) is 4. The SMILES string of the molecule is O=C(COC(F)(F)F)Nc1c(F)ccc(NC(=O)c2cc(NC(=O)C3CC3(Cl)Cl)ccc2Cl)c1F. The highest BCUT2D eigenvalue weighted by Gasteiger charge is 2.56. The molecule has 1 fully saturated rings. The summed E-state index contributed by atoms with van der Waals surface area (Å²) in [6.45, 7) is -1.55. The highest BCUT2D eigenvalue weighted by Crippen LogP contribution is 2.53. The lowest BCUT2D eigenvalue weighted by Crippen LogP contribution is -2.25. The van der Waals surface area contributed by atoms with E-state index in [0.717, 1.165) is 6.07 Å². The summed E-state index contributed by atoms with van der Waals surface area (Å²) in [6, 6.07) is 5.33. The maximum atomic E-state index is 14.7. The molecule has 1 unspecified atom stereocenters. The zero-order chi connectivity index (χ0) is 26.1. The molecule has 1 aliphatic carbocycles. The average molecular weight is 561 g/mol. The van der Waals surface area contributed by atoms with E-state index in [1.807, 2.05) is 0 Å². The smallest absolute Gasteiger partial charge is 0.326 e. The fourth-order valence-corrected chi connectivity index (χ4v) is 3.49. The van der Waals surface area contributed by atoms with Gasteiger partial charge in [-0.3, -0.25) is 19.1 Å². The number of benzene rings is 2. The van der Waals surface area contributed by atoms with Gasteiger partial charge in [0.15, 0.2) is 5.82 Å². The largest absolute Gasteiger partial charge is 0.523 e. The first kappa shape index (κ1) is 26.9. The lowest BCUT2D eigenvalue weighted by molar-refractivity contribution is -0.320. The maximum absolute atomic E-state index is 14.7. The van der Waals surface area contributed by atoms with Crippen molar-refractivity contribution in [3.05, 3.63) is 52.6 Å². The first-order chi connectivity index (χ1) is 16.2. The van der Waals surface area contributed by atoms with Crippen LogP contribution in [0.15, 0.2) is 30.3 Å². The highest BCUT2D eigenvalue weighted by atomic mass is 35.5. The molecule has 3 amide bonds. The first-order valence-electron chi connectivity index (χ1n) is 9.46. The third-order valence-electron chi connectivity index (χ3n) is 4.59. The predicted molar refractivity (Wildman–Crippen MR) is 118 cm³/mol. The number of nitrogens with one attached hydrogen (secondary N) is 3. The summed E-state index contributed by atoms with van der Waals surface area (Å²) in [5, 5.41) is 6.14. The first-order valence-corrected chi connectivity index (χ1v) is 10.6. The van der Waals surface area contributed by atoms with Crippen LogP contribution in [0.4, 0.5) is 39.0 Å². The van der Waals surface area contributed by atoms with Gasteiger partial charge in [-0.2, -0.15) is 0 Å².